The van der Waals surface area contributed by atoms with Crippen molar-refractivity contribution in [2.24, 2.45) is 13.0 Å². The summed E-state index contributed by atoms with van der Waals surface area (Å²) in [6.45, 7) is 0.564. The highest BCUT2D eigenvalue weighted by atomic mass is 32.2. The van der Waals surface area contributed by atoms with Gasteiger partial charge in [0.15, 0.2) is 5.82 Å². The number of carbonyl (C=O) groups excluding carboxylic acids is 1. The molecule has 140 valence electrons. The van der Waals surface area contributed by atoms with Crippen LogP contribution in [0.3, 0.4) is 0 Å². The van der Waals surface area contributed by atoms with Crippen molar-refractivity contribution in [1.29, 1.82) is 0 Å². The van der Waals surface area contributed by atoms with Crippen molar-refractivity contribution in [3.63, 3.8) is 0 Å². The zero-order chi connectivity index (χ0) is 18.7. The molecular weight excluding hydrogens is 356 g/mol. The molecule has 1 atom stereocenters. The third-order valence-corrected chi connectivity index (χ3v) is 6.30. The van der Waals surface area contributed by atoms with Gasteiger partial charge in [0, 0.05) is 32.4 Å². The van der Waals surface area contributed by atoms with Crippen LogP contribution in [0.25, 0.3) is 0 Å². The van der Waals surface area contributed by atoms with Crippen molar-refractivity contribution in [3.8, 4) is 5.75 Å². The van der Waals surface area contributed by atoms with Crippen molar-refractivity contribution in [2.45, 2.75) is 17.7 Å². The molecule has 1 saturated heterocycles. The minimum Gasteiger partial charge on any atom is -0.497 e. The largest absolute Gasteiger partial charge is 0.497 e. The lowest BCUT2D eigenvalue weighted by Crippen LogP contribution is -2.43. The van der Waals surface area contributed by atoms with Crippen LogP contribution in [0.15, 0.2) is 41.4 Å². The van der Waals surface area contributed by atoms with Crippen LogP contribution in [0, 0.1) is 5.92 Å². The van der Waals surface area contributed by atoms with Gasteiger partial charge < -0.3 is 10.1 Å². The van der Waals surface area contributed by atoms with Crippen LogP contribution in [-0.4, -0.2) is 48.6 Å². The number of sulfonamides is 1. The number of rotatable bonds is 5. The van der Waals surface area contributed by atoms with Gasteiger partial charge in [0.05, 0.1) is 17.9 Å². The van der Waals surface area contributed by atoms with Gasteiger partial charge in [-0.05, 0) is 37.1 Å². The molecule has 0 saturated carbocycles. The number of carbonyl (C=O) groups is 1. The number of hydrogen-bond acceptors (Lipinski definition) is 5. The molecule has 1 unspecified atom stereocenters. The molecule has 0 radical (unpaired) electrons. The van der Waals surface area contributed by atoms with E-state index in [0.717, 1.165) is 0 Å². The molecule has 1 aliphatic heterocycles. The summed E-state index contributed by atoms with van der Waals surface area (Å²) in [7, 11) is -0.354. The van der Waals surface area contributed by atoms with Crippen LogP contribution in [0.4, 0.5) is 5.82 Å². The van der Waals surface area contributed by atoms with Gasteiger partial charge in [0.25, 0.3) is 0 Å². The second-order valence-electron chi connectivity index (χ2n) is 6.24. The van der Waals surface area contributed by atoms with Crippen molar-refractivity contribution >= 4 is 21.7 Å². The number of amides is 1. The number of aryl methyl sites for hydroxylation is 1. The van der Waals surface area contributed by atoms with Gasteiger partial charge in [-0.3, -0.25) is 9.48 Å². The summed E-state index contributed by atoms with van der Waals surface area (Å²) < 4.78 is 33.7. The molecule has 3 rings (SSSR count). The Morgan fingerprint density at radius 2 is 2.00 bits per heavy atom. The fourth-order valence-corrected chi connectivity index (χ4v) is 4.51. The van der Waals surface area contributed by atoms with Crippen LogP contribution in [0.1, 0.15) is 12.8 Å². The number of nitrogens with zero attached hydrogens (tertiary/aromatic N) is 3. The highest BCUT2D eigenvalue weighted by Gasteiger charge is 2.33. The van der Waals surface area contributed by atoms with Crippen LogP contribution in [0.2, 0.25) is 0 Å². The number of piperidine rings is 1. The van der Waals surface area contributed by atoms with E-state index >= 15 is 0 Å². The molecule has 26 heavy (non-hydrogen) atoms. The average Bonchev–Trinajstić information content (AvgIpc) is 3.06. The van der Waals surface area contributed by atoms with Gasteiger partial charge in [-0.1, -0.05) is 0 Å². The number of methoxy groups -OCH3 is 1. The van der Waals surface area contributed by atoms with Gasteiger partial charge in [-0.25, -0.2) is 8.42 Å². The first-order valence-corrected chi connectivity index (χ1v) is 9.79. The van der Waals surface area contributed by atoms with E-state index in [0.29, 0.717) is 31.0 Å². The predicted molar refractivity (Wildman–Crippen MR) is 96.3 cm³/mol. The Labute approximate surface area is 152 Å². The number of aromatic nitrogens is 2. The molecule has 2 aromatic rings. The second-order valence-corrected chi connectivity index (χ2v) is 8.18. The number of nitrogens with one attached hydrogen (secondary N) is 1. The maximum absolute atomic E-state index is 12.9. The molecule has 8 nitrogen and oxygen atoms in total. The zero-order valence-electron chi connectivity index (χ0n) is 14.8. The summed E-state index contributed by atoms with van der Waals surface area (Å²) in [4.78, 5) is 12.7. The molecular formula is C17H22N4O4S. The summed E-state index contributed by atoms with van der Waals surface area (Å²) in [6.07, 6.45) is 3.01. The van der Waals surface area contributed by atoms with E-state index in [9.17, 15) is 13.2 Å². The number of benzene rings is 1. The van der Waals surface area contributed by atoms with Gasteiger partial charge in [0.1, 0.15) is 5.75 Å². The summed E-state index contributed by atoms with van der Waals surface area (Å²) in [6, 6.07) is 7.97. The zero-order valence-corrected chi connectivity index (χ0v) is 15.6. The molecule has 9 heteroatoms. The summed E-state index contributed by atoms with van der Waals surface area (Å²) in [5.41, 5.74) is 0. The first kappa shape index (κ1) is 18.4. The quantitative estimate of drug-likeness (QED) is 0.850. The predicted octanol–water partition coefficient (Wildman–Crippen LogP) is 1.47. The van der Waals surface area contributed by atoms with Crippen LogP contribution in [-0.2, 0) is 21.9 Å². The lowest BCUT2D eigenvalue weighted by Gasteiger charge is -2.31. The van der Waals surface area contributed by atoms with Crippen molar-refractivity contribution in [2.75, 3.05) is 25.5 Å². The molecule has 0 spiro atoms. The Morgan fingerprint density at radius 1 is 1.27 bits per heavy atom. The lowest BCUT2D eigenvalue weighted by atomic mass is 9.99. The van der Waals surface area contributed by atoms with E-state index in [1.807, 2.05) is 0 Å². The molecule has 1 fully saturated rings. The van der Waals surface area contributed by atoms with Gasteiger partial charge >= 0.3 is 0 Å². The Morgan fingerprint density at radius 3 is 2.62 bits per heavy atom. The smallest absolute Gasteiger partial charge is 0.243 e. The molecule has 0 bridgehead atoms. The van der Waals surface area contributed by atoms with Crippen molar-refractivity contribution in [1.82, 2.24) is 14.1 Å². The van der Waals surface area contributed by atoms with Gasteiger partial charge in [0.2, 0.25) is 15.9 Å². The van der Waals surface area contributed by atoms with E-state index in [1.54, 1.807) is 36.1 Å². The van der Waals surface area contributed by atoms with E-state index in [2.05, 4.69) is 10.4 Å². The van der Waals surface area contributed by atoms with Crippen molar-refractivity contribution in [3.05, 3.63) is 36.5 Å². The number of anilines is 1. The van der Waals surface area contributed by atoms with E-state index < -0.39 is 15.9 Å². The fraction of sp³-hybridized carbons (Fsp3) is 0.412. The van der Waals surface area contributed by atoms with Crippen LogP contribution >= 0.6 is 0 Å². The summed E-state index contributed by atoms with van der Waals surface area (Å²) >= 11 is 0. The monoisotopic (exact) mass is 378 g/mol. The van der Waals surface area contributed by atoms with E-state index in [-0.39, 0.29) is 17.3 Å². The average molecular weight is 378 g/mol. The molecule has 1 aliphatic rings. The first-order valence-electron chi connectivity index (χ1n) is 8.35. The minimum absolute atomic E-state index is 0.160. The lowest BCUT2D eigenvalue weighted by molar-refractivity contribution is -0.120. The van der Waals surface area contributed by atoms with E-state index in [4.69, 9.17) is 4.74 Å². The highest BCUT2D eigenvalue weighted by molar-refractivity contribution is 7.89. The maximum atomic E-state index is 12.9. The Kier molecular flexibility index (Phi) is 5.28. The molecule has 2 heterocycles. The topological polar surface area (TPSA) is 93.5 Å². The van der Waals surface area contributed by atoms with Crippen LogP contribution in [0.5, 0.6) is 5.75 Å². The SMILES string of the molecule is COc1ccc(S(=O)(=O)N2CCCC(C(=O)Nc3ccn(C)n3)C2)cc1. The third kappa shape index (κ3) is 3.88. The highest BCUT2D eigenvalue weighted by Crippen LogP contribution is 2.25. The normalized spacial score (nSPS) is 18.5. The number of hydrogen-bond donors (Lipinski definition) is 1. The molecule has 1 aromatic carbocycles. The molecule has 1 N–H and O–H groups in total. The Bertz CT molecular complexity index is 876. The molecule has 0 aliphatic carbocycles. The maximum Gasteiger partial charge on any atom is 0.243 e. The molecule has 1 aromatic heterocycles. The Hall–Kier alpha value is -2.39. The third-order valence-electron chi connectivity index (χ3n) is 4.42. The Balaban J connectivity index is 1.71. The number of ether oxygens (including phenoxy) is 1. The van der Waals surface area contributed by atoms with Gasteiger partial charge in [-0.15, -0.1) is 0 Å². The second kappa shape index (κ2) is 7.46. The van der Waals surface area contributed by atoms with Gasteiger partial charge in [-0.2, -0.15) is 9.40 Å². The summed E-state index contributed by atoms with van der Waals surface area (Å²) in [5, 5.41) is 6.87. The standard InChI is InChI=1S/C17H22N4O4S/c1-20-11-9-16(19-20)18-17(22)13-4-3-10-21(12-13)26(23,24)15-7-5-14(25-2)6-8-15/h5-9,11,13H,3-4,10,12H2,1-2H3,(H,18,19,22). The molecule has 1 amide bonds. The summed E-state index contributed by atoms with van der Waals surface area (Å²) in [5.74, 6) is 0.444. The van der Waals surface area contributed by atoms with E-state index in [1.165, 1.54) is 23.5 Å². The minimum atomic E-state index is -3.64. The van der Waals surface area contributed by atoms with Crippen LogP contribution < -0.4 is 10.1 Å². The fourth-order valence-electron chi connectivity index (χ4n) is 2.98. The van der Waals surface area contributed by atoms with Crippen molar-refractivity contribution < 1.29 is 17.9 Å². The first-order chi connectivity index (χ1) is 12.4.